The molecule has 2 aromatic rings. The lowest BCUT2D eigenvalue weighted by molar-refractivity contribution is -0.141. The molecule has 0 bridgehead atoms. The Kier molecular flexibility index (Phi) is 3.84. The van der Waals surface area contributed by atoms with Crippen LogP contribution < -0.4 is 4.90 Å². The number of carbonyl (C=O) groups is 1. The van der Waals surface area contributed by atoms with Gasteiger partial charge in [0.25, 0.3) is 5.91 Å². The van der Waals surface area contributed by atoms with Crippen LogP contribution in [0.25, 0.3) is 0 Å². The number of nitrogens with zero attached hydrogens (tertiary/aromatic N) is 6. The molecule has 1 N–H and O–H groups in total. The number of H-pyrrole nitrogens is 1. The van der Waals surface area contributed by atoms with Gasteiger partial charge in [0.15, 0.2) is 17.2 Å². The zero-order valence-corrected chi connectivity index (χ0v) is 11.8. The molecule has 3 heterocycles. The summed E-state index contributed by atoms with van der Waals surface area (Å²) in [5.74, 6) is -0.0973. The van der Waals surface area contributed by atoms with Crippen molar-refractivity contribution in [3.05, 3.63) is 29.7 Å². The van der Waals surface area contributed by atoms with Crippen LogP contribution in [0.4, 0.5) is 19.0 Å². The van der Waals surface area contributed by atoms with Gasteiger partial charge in [0, 0.05) is 32.4 Å². The monoisotopic (exact) mass is 327 g/mol. The molecule has 23 heavy (non-hydrogen) atoms. The van der Waals surface area contributed by atoms with Crippen LogP contribution >= 0.6 is 0 Å². The van der Waals surface area contributed by atoms with Crippen LogP contribution in [0.1, 0.15) is 16.2 Å². The van der Waals surface area contributed by atoms with Crippen molar-refractivity contribution in [3.63, 3.8) is 0 Å². The molecule has 1 fully saturated rings. The Morgan fingerprint density at radius 1 is 1.17 bits per heavy atom. The molecule has 8 nitrogen and oxygen atoms in total. The molecule has 122 valence electrons. The minimum Gasteiger partial charge on any atom is -0.352 e. The van der Waals surface area contributed by atoms with Crippen molar-refractivity contribution < 1.29 is 18.0 Å². The minimum absolute atomic E-state index is 0.270. The van der Waals surface area contributed by atoms with E-state index in [9.17, 15) is 18.0 Å². The van der Waals surface area contributed by atoms with Crippen molar-refractivity contribution in [1.29, 1.82) is 0 Å². The van der Waals surface area contributed by atoms with Gasteiger partial charge in [-0.1, -0.05) is 5.21 Å². The molecule has 3 rings (SSSR count). The molecule has 1 saturated heterocycles. The van der Waals surface area contributed by atoms with Gasteiger partial charge in [0.2, 0.25) is 0 Å². The number of halogens is 3. The molecule has 1 aliphatic rings. The number of nitrogens with one attached hydrogen (secondary N) is 1. The van der Waals surface area contributed by atoms with E-state index in [0.29, 0.717) is 18.9 Å². The van der Waals surface area contributed by atoms with Gasteiger partial charge in [0.05, 0.1) is 0 Å². The van der Waals surface area contributed by atoms with Crippen LogP contribution in [-0.2, 0) is 6.18 Å². The molecule has 1 aliphatic heterocycles. The van der Waals surface area contributed by atoms with Crippen molar-refractivity contribution in [3.8, 4) is 0 Å². The summed E-state index contributed by atoms with van der Waals surface area (Å²) in [4.78, 5) is 15.5. The predicted octanol–water partition coefficient (Wildman–Crippen LogP) is 0.576. The minimum atomic E-state index is -4.72. The van der Waals surface area contributed by atoms with Gasteiger partial charge >= 0.3 is 6.18 Å². The maximum atomic E-state index is 12.8. The Hall–Kier alpha value is -2.72. The van der Waals surface area contributed by atoms with E-state index in [1.807, 2.05) is 10.00 Å². The number of anilines is 1. The van der Waals surface area contributed by atoms with Crippen LogP contribution in [0, 0.1) is 0 Å². The highest BCUT2D eigenvalue weighted by Gasteiger charge is 2.40. The van der Waals surface area contributed by atoms with Crippen LogP contribution in [0.2, 0.25) is 0 Å². The fourth-order valence-corrected chi connectivity index (χ4v) is 2.33. The summed E-state index contributed by atoms with van der Waals surface area (Å²) in [6.07, 6.45) is -3.17. The lowest BCUT2D eigenvalue weighted by Gasteiger charge is -2.34. The summed E-state index contributed by atoms with van der Waals surface area (Å²) in [5.41, 5.74) is -1.93. The number of aromatic amines is 1. The lowest BCUT2D eigenvalue weighted by atomic mass is 10.2. The van der Waals surface area contributed by atoms with Gasteiger partial charge in [-0.3, -0.25) is 9.89 Å². The fraction of sp³-hybridized carbons (Fsp3) is 0.417. The normalized spacial score (nSPS) is 15.8. The smallest absolute Gasteiger partial charge is 0.352 e. The molecular weight excluding hydrogens is 315 g/mol. The Morgan fingerprint density at radius 2 is 1.91 bits per heavy atom. The van der Waals surface area contributed by atoms with Crippen molar-refractivity contribution in [2.24, 2.45) is 0 Å². The average Bonchev–Trinajstić information content (AvgIpc) is 3.05. The van der Waals surface area contributed by atoms with Gasteiger partial charge < -0.3 is 9.80 Å². The Balaban J connectivity index is 1.69. The fourth-order valence-electron chi connectivity index (χ4n) is 2.33. The maximum Gasteiger partial charge on any atom is 0.437 e. The molecule has 1 amide bonds. The summed E-state index contributed by atoms with van der Waals surface area (Å²) in [6.45, 7) is 1.44. The van der Waals surface area contributed by atoms with Gasteiger partial charge in [0.1, 0.15) is 0 Å². The topological polar surface area (TPSA) is 90.9 Å². The third-order valence-electron chi connectivity index (χ3n) is 3.48. The summed E-state index contributed by atoms with van der Waals surface area (Å²) < 4.78 is 38.3. The first kappa shape index (κ1) is 15.2. The van der Waals surface area contributed by atoms with Crippen LogP contribution in [0.15, 0.2) is 18.3 Å². The van der Waals surface area contributed by atoms with Gasteiger partial charge in [-0.15, -0.1) is 10.2 Å². The van der Waals surface area contributed by atoms with Crippen LogP contribution in [0.5, 0.6) is 0 Å². The molecular formula is C12H12F3N7O. The SMILES string of the molecule is O=C(c1[nH]nnc1C(F)(F)F)N1CCN(c2cccnn2)CC1. The van der Waals surface area contributed by atoms with E-state index in [1.54, 1.807) is 18.3 Å². The molecule has 0 aromatic carbocycles. The van der Waals surface area contributed by atoms with Crippen molar-refractivity contribution in [2.45, 2.75) is 6.18 Å². The maximum absolute atomic E-state index is 12.8. The number of rotatable bonds is 2. The molecule has 0 spiro atoms. The molecule has 0 unspecified atom stereocenters. The molecule has 2 aromatic heterocycles. The average molecular weight is 327 g/mol. The van der Waals surface area contributed by atoms with E-state index in [1.165, 1.54) is 4.90 Å². The third kappa shape index (κ3) is 3.07. The summed E-state index contributed by atoms with van der Waals surface area (Å²) >= 11 is 0. The zero-order chi connectivity index (χ0) is 16.4. The first-order chi connectivity index (χ1) is 11.0. The van der Waals surface area contributed by atoms with E-state index < -0.39 is 23.5 Å². The molecule has 0 aliphatic carbocycles. The Morgan fingerprint density at radius 3 is 2.52 bits per heavy atom. The number of hydrogen-bond donors (Lipinski definition) is 1. The van der Waals surface area contributed by atoms with E-state index in [2.05, 4.69) is 20.5 Å². The number of aromatic nitrogens is 5. The third-order valence-corrected chi connectivity index (χ3v) is 3.48. The number of alkyl halides is 3. The highest BCUT2D eigenvalue weighted by Crippen LogP contribution is 2.29. The zero-order valence-electron chi connectivity index (χ0n) is 11.8. The molecule has 0 saturated carbocycles. The van der Waals surface area contributed by atoms with Crippen molar-refractivity contribution in [1.82, 2.24) is 30.5 Å². The van der Waals surface area contributed by atoms with E-state index in [0.717, 1.165) is 0 Å². The largest absolute Gasteiger partial charge is 0.437 e. The number of amides is 1. The van der Waals surface area contributed by atoms with E-state index >= 15 is 0 Å². The van der Waals surface area contributed by atoms with E-state index in [4.69, 9.17) is 0 Å². The highest BCUT2D eigenvalue weighted by molar-refractivity contribution is 5.93. The first-order valence-electron chi connectivity index (χ1n) is 6.77. The lowest BCUT2D eigenvalue weighted by Crippen LogP contribution is -2.49. The summed E-state index contributed by atoms with van der Waals surface area (Å²) in [6, 6.07) is 3.52. The van der Waals surface area contributed by atoms with Crippen molar-refractivity contribution in [2.75, 3.05) is 31.1 Å². The number of piperazine rings is 1. The standard InChI is InChI=1S/C12H12F3N7O/c13-12(14,15)10-9(18-20-19-10)11(23)22-6-4-21(5-7-22)8-2-1-3-16-17-8/h1-3H,4-7H2,(H,18,19,20). The number of carbonyl (C=O) groups excluding carboxylic acids is 1. The highest BCUT2D eigenvalue weighted by atomic mass is 19.4. The molecule has 0 atom stereocenters. The molecule has 11 heteroatoms. The van der Waals surface area contributed by atoms with Crippen LogP contribution in [0.3, 0.4) is 0 Å². The summed E-state index contributed by atoms with van der Waals surface area (Å²) in [5, 5.41) is 15.8. The van der Waals surface area contributed by atoms with Gasteiger partial charge in [-0.2, -0.15) is 18.3 Å². The van der Waals surface area contributed by atoms with Crippen LogP contribution in [-0.4, -0.2) is 62.6 Å². The second-order valence-corrected chi connectivity index (χ2v) is 4.89. The quantitative estimate of drug-likeness (QED) is 0.867. The van der Waals surface area contributed by atoms with Gasteiger partial charge in [-0.05, 0) is 12.1 Å². The second kappa shape index (κ2) is 5.82. The van der Waals surface area contributed by atoms with Gasteiger partial charge in [-0.25, -0.2) is 0 Å². The Labute approximate surface area is 128 Å². The number of hydrogen-bond acceptors (Lipinski definition) is 6. The summed E-state index contributed by atoms with van der Waals surface area (Å²) in [7, 11) is 0. The van der Waals surface area contributed by atoms with Crippen molar-refractivity contribution >= 4 is 11.7 Å². The second-order valence-electron chi connectivity index (χ2n) is 4.89. The van der Waals surface area contributed by atoms with E-state index in [-0.39, 0.29) is 13.1 Å². The first-order valence-corrected chi connectivity index (χ1v) is 6.77. The predicted molar refractivity (Wildman–Crippen MR) is 71.5 cm³/mol. The Bertz CT molecular complexity index is 679. The molecule has 0 radical (unpaired) electrons.